The molecule has 0 radical (unpaired) electrons. The molecule has 18 heavy (non-hydrogen) atoms. The number of hydrogen-bond donors (Lipinski definition) is 1. The van der Waals surface area contributed by atoms with Crippen LogP contribution < -0.4 is 0 Å². The van der Waals surface area contributed by atoms with E-state index in [0.29, 0.717) is 5.92 Å². The van der Waals surface area contributed by atoms with E-state index in [9.17, 15) is 5.11 Å². The Kier molecular flexibility index (Phi) is 5.07. The first kappa shape index (κ1) is 14.3. The topological polar surface area (TPSA) is 20.2 Å². The van der Waals surface area contributed by atoms with E-state index >= 15 is 0 Å². The average Bonchev–Trinajstić information content (AvgIpc) is 2.34. The minimum absolute atomic E-state index is 0.0979. The molecule has 1 saturated carbocycles. The zero-order chi connectivity index (χ0) is 13.1. The molecule has 0 saturated heterocycles. The Morgan fingerprint density at radius 2 is 1.89 bits per heavy atom. The first-order chi connectivity index (χ1) is 8.56. The van der Waals surface area contributed by atoms with Crippen molar-refractivity contribution in [1.82, 2.24) is 0 Å². The molecule has 2 rings (SSSR count). The van der Waals surface area contributed by atoms with Crippen molar-refractivity contribution in [1.29, 1.82) is 0 Å². The van der Waals surface area contributed by atoms with Crippen molar-refractivity contribution in [2.45, 2.75) is 45.6 Å². The fourth-order valence-electron chi connectivity index (χ4n) is 3.03. The Hall–Kier alpha value is -0.0900. The highest BCUT2D eigenvalue weighted by Gasteiger charge is 2.30. The van der Waals surface area contributed by atoms with Gasteiger partial charge in [0.05, 0.1) is 6.10 Å². The van der Waals surface area contributed by atoms with E-state index in [1.54, 1.807) is 0 Å². The van der Waals surface area contributed by atoms with Crippen LogP contribution in [-0.4, -0.2) is 11.2 Å². The van der Waals surface area contributed by atoms with E-state index in [4.69, 9.17) is 0 Å². The van der Waals surface area contributed by atoms with E-state index in [1.165, 1.54) is 22.0 Å². The van der Waals surface area contributed by atoms with Crippen LogP contribution in [-0.2, 0) is 6.42 Å². The fourth-order valence-corrected chi connectivity index (χ4v) is 3.39. The highest BCUT2D eigenvalue weighted by molar-refractivity contribution is 14.1. The molecule has 3 unspecified atom stereocenters. The lowest BCUT2D eigenvalue weighted by Gasteiger charge is -2.35. The number of aliphatic hydroxyl groups is 1. The highest BCUT2D eigenvalue weighted by atomic mass is 127. The molecule has 0 amide bonds. The summed E-state index contributed by atoms with van der Waals surface area (Å²) in [4.78, 5) is 0. The van der Waals surface area contributed by atoms with Gasteiger partial charge in [-0.1, -0.05) is 26.0 Å². The Morgan fingerprint density at radius 1 is 1.22 bits per heavy atom. The molecule has 0 aliphatic heterocycles. The molecule has 0 heterocycles. The summed E-state index contributed by atoms with van der Waals surface area (Å²) in [7, 11) is 0. The summed E-state index contributed by atoms with van der Waals surface area (Å²) in [5.74, 6) is 1.99. The summed E-state index contributed by atoms with van der Waals surface area (Å²) in [6.07, 6.45) is 4.30. The molecule has 0 spiro atoms. The van der Waals surface area contributed by atoms with Crippen molar-refractivity contribution < 1.29 is 5.11 Å². The SMILES string of the molecule is CC(C)C1CCC(O)C(Cc2ccc(I)cc2)C1. The van der Waals surface area contributed by atoms with Crippen LogP contribution in [0.1, 0.15) is 38.7 Å². The smallest absolute Gasteiger partial charge is 0.0571 e. The van der Waals surface area contributed by atoms with E-state index in [2.05, 4.69) is 60.7 Å². The van der Waals surface area contributed by atoms with Gasteiger partial charge in [0.1, 0.15) is 0 Å². The summed E-state index contributed by atoms with van der Waals surface area (Å²) in [5.41, 5.74) is 1.36. The molecule has 0 aromatic heterocycles. The Labute approximate surface area is 124 Å². The number of benzene rings is 1. The van der Waals surface area contributed by atoms with Gasteiger partial charge in [-0.05, 0) is 83.7 Å². The predicted molar refractivity (Wildman–Crippen MR) is 84.5 cm³/mol. The molecule has 1 N–H and O–H groups in total. The molecule has 2 heteroatoms. The van der Waals surface area contributed by atoms with Crippen LogP contribution in [0, 0.1) is 21.3 Å². The maximum Gasteiger partial charge on any atom is 0.0571 e. The lowest BCUT2D eigenvalue weighted by atomic mass is 9.73. The van der Waals surface area contributed by atoms with Crippen LogP contribution in [0.2, 0.25) is 0 Å². The van der Waals surface area contributed by atoms with Gasteiger partial charge in [-0.25, -0.2) is 0 Å². The maximum atomic E-state index is 10.2. The molecule has 1 aliphatic carbocycles. The van der Waals surface area contributed by atoms with Gasteiger partial charge in [0.2, 0.25) is 0 Å². The molecule has 100 valence electrons. The number of rotatable bonds is 3. The van der Waals surface area contributed by atoms with Gasteiger partial charge >= 0.3 is 0 Å². The Bertz CT molecular complexity index is 371. The van der Waals surface area contributed by atoms with Gasteiger partial charge in [0.25, 0.3) is 0 Å². The Morgan fingerprint density at radius 3 is 2.50 bits per heavy atom. The van der Waals surface area contributed by atoms with Crippen molar-refractivity contribution in [2.75, 3.05) is 0 Å². The molecule has 1 aliphatic rings. The lowest BCUT2D eigenvalue weighted by Crippen LogP contribution is -2.32. The third-order valence-corrected chi connectivity index (χ3v) is 5.06. The quantitative estimate of drug-likeness (QED) is 0.801. The average molecular weight is 358 g/mol. The zero-order valence-electron chi connectivity index (χ0n) is 11.3. The summed E-state index contributed by atoms with van der Waals surface area (Å²) in [6.45, 7) is 4.62. The molecule has 1 fully saturated rings. The van der Waals surface area contributed by atoms with Gasteiger partial charge in [-0.15, -0.1) is 0 Å². The monoisotopic (exact) mass is 358 g/mol. The van der Waals surface area contributed by atoms with Gasteiger partial charge < -0.3 is 5.11 Å². The summed E-state index contributed by atoms with van der Waals surface area (Å²) in [5, 5.41) is 10.2. The normalized spacial score (nSPS) is 28.6. The number of hydrogen-bond acceptors (Lipinski definition) is 1. The first-order valence-corrected chi connectivity index (χ1v) is 8.06. The van der Waals surface area contributed by atoms with E-state index in [1.807, 2.05) is 0 Å². The Balaban J connectivity index is 2.00. The molecular weight excluding hydrogens is 335 g/mol. The lowest BCUT2D eigenvalue weighted by molar-refractivity contribution is 0.0378. The second kappa shape index (κ2) is 6.38. The maximum absolute atomic E-state index is 10.2. The van der Waals surface area contributed by atoms with Crippen molar-refractivity contribution in [3.8, 4) is 0 Å². The molecule has 3 atom stereocenters. The third kappa shape index (κ3) is 3.70. The van der Waals surface area contributed by atoms with Crippen molar-refractivity contribution in [3.05, 3.63) is 33.4 Å². The molecular formula is C16H23IO. The highest BCUT2D eigenvalue weighted by Crippen LogP contribution is 2.35. The van der Waals surface area contributed by atoms with Gasteiger partial charge in [-0.3, -0.25) is 0 Å². The second-order valence-corrected chi connectivity index (χ2v) is 7.22. The summed E-state index contributed by atoms with van der Waals surface area (Å²) < 4.78 is 1.28. The molecule has 1 aromatic carbocycles. The van der Waals surface area contributed by atoms with Crippen molar-refractivity contribution in [3.63, 3.8) is 0 Å². The third-order valence-electron chi connectivity index (χ3n) is 4.34. The van der Waals surface area contributed by atoms with Crippen LogP contribution in [0.15, 0.2) is 24.3 Å². The van der Waals surface area contributed by atoms with Crippen molar-refractivity contribution in [2.24, 2.45) is 17.8 Å². The first-order valence-electron chi connectivity index (χ1n) is 6.98. The fraction of sp³-hybridized carbons (Fsp3) is 0.625. The van der Waals surface area contributed by atoms with Gasteiger partial charge in [-0.2, -0.15) is 0 Å². The van der Waals surface area contributed by atoms with Gasteiger partial charge in [0, 0.05) is 3.57 Å². The minimum atomic E-state index is -0.0979. The van der Waals surface area contributed by atoms with Crippen LogP contribution in [0.4, 0.5) is 0 Å². The number of halogens is 1. The van der Waals surface area contributed by atoms with Crippen LogP contribution in [0.3, 0.4) is 0 Å². The van der Waals surface area contributed by atoms with E-state index in [0.717, 1.165) is 24.7 Å². The van der Waals surface area contributed by atoms with E-state index in [-0.39, 0.29) is 6.10 Å². The molecule has 1 aromatic rings. The standard InChI is InChI=1S/C16H23IO/c1-11(2)13-5-8-16(18)14(10-13)9-12-3-6-15(17)7-4-12/h3-4,6-7,11,13-14,16,18H,5,8-10H2,1-2H3. The second-order valence-electron chi connectivity index (χ2n) is 5.98. The van der Waals surface area contributed by atoms with Crippen molar-refractivity contribution >= 4 is 22.6 Å². The summed E-state index contributed by atoms with van der Waals surface area (Å²) >= 11 is 2.33. The van der Waals surface area contributed by atoms with Crippen LogP contribution in [0.5, 0.6) is 0 Å². The largest absolute Gasteiger partial charge is 0.393 e. The van der Waals surface area contributed by atoms with Crippen LogP contribution in [0.25, 0.3) is 0 Å². The van der Waals surface area contributed by atoms with Gasteiger partial charge in [0.15, 0.2) is 0 Å². The zero-order valence-corrected chi connectivity index (χ0v) is 13.4. The van der Waals surface area contributed by atoms with E-state index < -0.39 is 0 Å². The molecule has 0 bridgehead atoms. The molecule has 1 nitrogen and oxygen atoms in total. The minimum Gasteiger partial charge on any atom is -0.393 e. The predicted octanol–water partition coefficient (Wildman–Crippen LogP) is 4.27. The summed E-state index contributed by atoms with van der Waals surface area (Å²) in [6, 6.07) is 8.72. The number of aliphatic hydroxyl groups excluding tert-OH is 1. The van der Waals surface area contributed by atoms with Crippen LogP contribution >= 0.6 is 22.6 Å².